The largest absolute Gasteiger partial charge is 0.352 e. The number of nitrogens with zero attached hydrogens (tertiary/aromatic N) is 1. The normalized spacial score (nSPS) is 11.7. The molecule has 0 saturated heterocycles. The highest BCUT2D eigenvalue weighted by Crippen LogP contribution is 2.18. The summed E-state index contributed by atoms with van der Waals surface area (Å²) in [5.41, 5.74) is 2.47. The number of fused-ring (bicyclic) bond motifs is 1. The minimum absolute atomic E-state index is 0.265. The summed E-state index contributed by atoms with van der Waals surface area (Å²) in [5, 5.41) is 3.13. The van der Waals surface area contributed by atoms with Crippen molar-refractivity contribution >= 4 is 27.0 Å². The van der Waals surface area contributed by atoms with Gasteiger partial charge in [-0.15, -0.1) is 0 Å². The molecule has 0 fully saturated rings. The summed E-state index contributed by atoms with van der Waals surface area (Å²) in [7, 11) is -2.08. The lowest BCUT2D eigenvalue weighted by Gasteiger charge is -2.10. The summed E-state index contributed by atoms with van der Waals surface area (Å²) in [5.74, 6) is 0.609. The van der Waals surface area contributed by atoms with E-state index in [0.717, 1.165) is 11.0 Å². The van der Waals surface area contributed by atoms with E-state index >= 15 is 0 Å². The second-order valence-electron chi connectivity index (χ2n) is 4.77. The number of rotatable bonds is 5. The van der Waals surface area contributed by atoms with Gasteiger partial charge in [0.15, 0.2) is 0 Å². The maximum absolute atomic E-state index is 12.0. The first kappa shape index (κ1) is 14.6. The molecule has 7 heteroatoms. The van der Waals surface area contributed by atoms with E-state index in [-0.39, 0.29) is 4.90 Å². The van der Waals surface area contributed by atoms with E-state index in [1.54, 1.807) is 18.2 Å². The number of aromatic nitrogens is 2. The highest BCUT2D eigenvalue weighted by molar-refractivity contribution is 7.89. The Hall–Kier alpha value is -2.38. The summed E-state index contributed by atoms with van der Waals surface area (Å²) in [6.45, 7) is 0.358. The Kier molecular flexibility index (Phi) is 3.82. The van der Waals surface area contributed by atoms with Crippen LogP contribution in [0, 0.1) is 0 Å². The van der Waals surface area contributed by atoms with Gasteiger partial charge < -0.3 is 10.3 Å². The first-order valence-electron chi connectivity index (χ1n) is 6.80. The second kappa shape index (κ2) is 5.78. The Morgan fingerprint density at radius 1 is 1.09 bits per heavy atom. The van der Waals surface area contributed by atoms with E-state index in [1.165, 1.54) is 7.05 Å². The summed E-state index contributed by atoms with van der Waals surface area (Å²) in [6.07, 6.45) is 0. The van der Waals surface area contributed by atoms with E-state index in [0.29, 0.717) is 18.1 Å². The number of hydrogen-bond donors (Lipinski definition) is 3. The molecule has 0 unspecified atom stereocenters. The number of sulfonamides is 1. The lowest BCUT2D eigenvalue weighted by atomic mass is 10.2. The Morgan fingerprint density at radius 3 is 2.59 bits per heavy atom. The maximum Gasteiger partial charge on any atom is 0.240 e. The van der Waals surface area contributed by atoms with Crippen molar-refractivity contribution in [3.05, 3.63) is 54.1 Å². The van der Waals surface area contributed by atoms with Crippen LogP contribution in [0.2, 0.25) is 0 Å². The predicted molar refractivity (Wildman–Crippen MR) is 86.1 cm³/mol. The SMILES string of the molecule is CNS(=O)(=O)c1ccccc1CNc1nc2ccccc2[nH]1. The lowest BCUT2D eigenvalue weighted by Crippen LogP contribution is -2.20. The van der Waals surface area contributed by atoms with Gasteiger partial charge in [-0.3, -0.25) is 0 Å². The van der Waals surface area contributed by atoms with Crippen molar-refractivity contribution in [1.29, 1.82) is 0 Å². The van der Waals surface area contributed by atoms with Crippen LogP contribution < -0.4 is 10.0 Å². The molecule has 114 valence electrons. The van der Waals surface area contributed by atoms with E-state index < -0.39 is 10.0 Å². The van der Waals surface area contributed by atoms with Gasteiger partial charge >= 0.3 is 0 Å². The first-order chi connectivity index (χ1) is 10.6. The van der Waals surface area contributed by atoms with Gasteiger partial charge in [0.25, 0.3) is 0 Å². The fourth-order valence-electron chi connectivity index (χ4n) is 2.24. The zero-order chi connectivity index (χ0) is 15.6. The molecule has 0 atom stereocenters. The highest BCUT2D eigenvalue weighted by Gasteiger charge is 2.15. The predicted octanol–water partition coefficient (Wildman–Crippen LogP) is 2.08. The molecule has 1 heterocycles. The molecule has 0 radical (unpaired) electrons. The van der Waals surface area contributed by atoms with Gasteiger partial charge in [0.2, 0.25) is 16.0 Å². The number of benzene rings is 2. The minimum Gasteiger partial charge on any atom is -0.352 e. The van der Waals surface area contributed by atoms with Gasteiger partial charge in [0.1, 0.15) is 0 Å². The van der Waals surface area contributed by atoms with Crippen LogP contribution in [-0.2, 0) is 16.6 Å². The highest BCUT2D eigenvalue weighted by atomic mass is 32.2. The van der Waals surface area contributed by atoms with E-state index in [9.17, 15) is 8.42 Å². The summed E-state index contributed by atoms with van der Waals surface area (Å²) in [4.78, 5) is 7.82. The molecule has 1 aromatic heterocycles. The fraction of sp³-hybridized carbons (Fsp3) is 0.133. The van der Waals surface area contributed by atoms with Crippen molar-refractivity contribution in [3.63, 3.8) is 0 Å². The van der Waals surface area contributed by atoms with Crippen LogP contribution in [0.1, 0.15) is 5.56 Å². The number of nitrogens with one attached hydrogen (secondary N) is 3. The van der Waals surface area contributed by atoms with Crippen LogP contribution in [0.5, 0.6) is 0 Å². The average Bonchev–Trinajstić information content (AvgIpc) is 2.96. The number of imidazole rings is 1. The summed E-state index contributed by atoms with van der Waals surface area (Å²) >= 11 is 0. The summed E-state index contributed by atoms with van der Waals surface area (Å²) in [6, 6.07) is 14.6. The van der Waals surface area contributed by atoms with Gasteiger partial charge in [-0.25, -0.2) is 18.1 Å². The molecule has 0 aliphatic heterocycles. The molecule has 6 nitrogen and oxygen atoms in total. The molecule has 0 bridgehead atoms. The number of anilines is 1. The van der Waals surface area contributed by atoms with Gasteiger partial charge in [-0.05, 0) is 30.8 Å². The van der Waals surface area contributed by atoms with Gasteiger partial charge in [-0.2, -0.15) is 0 Å². The Balaban J connectivity index is 1.85. The van der Waals surface area contributed by atoms with Crippen molar-refractivity contribution < 1.29 is 8.42 Å². The molecule has 0 aliphatic rings. The van der Waals surface area contributed by atoms with Gasteiger partial charge in [0.05, 0.1) is 15.9 Å². The van der Waals surface area contributed by atoms with Crippen LogP contribution in [-0.4, -0.2) is 25.4 Å². The molecular weight excluding hydrogens is 300 g/mol. The Morgan fingerprint density at radius 2 is 1.82 bits per heavy atom. The maximum atomic E-state index is 12.0. The fourth-order valence-corrected chi connectivity index (χ4v) is 3.20. The van der Waals surface area contributed by atoms with Crippen molar-refractivity contribution in [2.75, 3.05) is 12.4 Å². The molecule has 3 aromatic rings. The van der Waals surface area contributed by atoms with E-state index in [1.807, 2.05) is 30.3 Å². The number of para-hydroxylation sites is 2. The van der Waals surface area contributed by atoms with E-state index in [2.05, 4.69) is 20.0 Å². The molecular formula is C15H16N4O2S. The van der Waals surface area contributed by atoms with Crippen LogP contribution >= 0.6 is 0 Å². The summed E-state index contributed by atoms with van der Waals surface area (Å²) < 4.78 is 26.4. The zero-order valence-electron chi connectivity index (χ0n) is 12.0. The molecule has 0 saturated carbocycles. The van der Waals surface area contributed by atoms with Crippen LogP contribution in [0.4, 0.5) is 5.95 Å². The third-order valence-electron chi connectivity index (χ3n) is 3.37. The van der Waals surface area contributed by atoms with Crippen molar-refractivity contribution in [3.8, 4) is 0 Å². The Labute approximate surface area is 128 Å². The number of aromatic amines is 1. The van der Waals surface area contributed by atoms with E-state index in [4.69, 9.17) is 0 Å². The smallest absolute Gasteiger partial charge is 0.240 e. The average molecular weight is 316 g/mol. The number of H-pyrrole nitrogens is 1. The standard InChI is InChI=1S/C15H16N4O2S/c1-16-22(20,21)14-9-5-2-6-11(14)10-17-15-18-12-7-3-4-8-13(12)19-15/h2-9,16H,10H2,1H3,(H2,17,18,19). The second-order valence-corrected chi connectivity index (χ2v) is 6.63. The van der Waals surface area contributed by atoms with Gasteiger partial charge in [-0.1, -0.05) is 30.3 Å². The zero-order valence-corrected chi connectivity index (χ0v) is 12.8. The van der Waals surface area contributed by atoms with Crippen LogP contribution in [0.3, 0.4) is 0 Å². The molecule has 22 heavy (non-hydrogen) atoms. The topological polar surface area (TPSA) is 86.9 Å². The van der Waals surface area contributed by atoms with Crippen molar-refractivity contribution in [2.45, 2.75) is 11.4 Å². The lowest BCUT2D eigenvalue weighted by molar-refractivity contribution is 0.587. The molecule has 2 aromatic carbocycles. The quantitative estimate of drug-likeness (QED) is 0.672. The molecule has 3 N–H and O–H groups in total. The van der Waals surface area contributed by atoms with Crippen LogP contribution in [0.25, 0.3) is 11.0 Å². The van der Waals surface area contributed by atoms with Crippen molar-refractivity contribution in [1.82, 2.24) is 14.7 Å². The number of hydrogen-bond acceptors (Lipinski definition) is 4. The Bertz CT molecular complexity index is 870. The van der Waals surface area contributed by atoms with Crippen LogP contribution in [0.15, 0.2) is 53.4 Å². The molecule has 0 amide bonds. The molecule has 3 rings (SSSR count). The third kappa shape index (κ3) is 2.81. The molecule has 0 aliphatic carbocycles. The van der Waals surface area contributed by atoms with Crippen molar-refractivity contribution in [2.24, 2.45) is 0 Å². The van der Waals surface area contributed by atoms with Gasteiger partial charge in [0, 0.05) is 6.54 Å². The first-order valence-corrected chi connectivity index (χ1v) is 8.28. The third-order valence-corrected chi connectivity index (χ3v) is 4.88. The molecule has 0 spiro atoms. The minimum atomic E-state index is -3.48. The monoisotopic (exact) mass is 316 g/mol.